The van der Waals surface area contributed by atoms with Gasteiger partial charge in [-0.15, -0.1) is 0 Å². The van der Waals surface area contributed by atoms with E-state index < -0.39 is 0 Å². The highest BCUT2D eigenvalue weighted by Crippen LogP contribution is 2.52. The largest absolute Gasteiger partial charge is 0.344 e. The van der Waals surface area contributed by atoms with Gasteiger partial charge in [-0.25, -0.2) is 0 Å². The molecular formula is C57H60N3+. The Morgan fingerprint density at radius 2 is 1.20 bits per heavy atom. The molecule has 0 aromatic heterocycles. The second-order valence-electron chi connectivity index (χ2n) is 18.0. The van der Waals surface area contributed by atoms with Crippen LogP contribution >= 0.6 is 0 Å². The predicted octanol–water partition coefficient (Wildman–Crippen LogP) is 15.0. The maximum atomic E-state index is 2.62. The lowest BCUT2D eigenvalue weighted by Gasteiger charge is -2.29. The van der Waals surface area contributed by atoms with Crippen LogP contribution in [-0.4, -0.2) is 23.4 Å². The summed E-state index contributed by atoms with van der Waals surface area (Å²) in [6.07, 6.45) is 16.5. The Morgan fingerprint density at radius 3 is 1.85 bits per heavy atom. The van der Waals surface area contributed by atoms with Crippen molar-refractivity contribution in [3.63, 3.8) is 0 Å². The molecule has 60 heavy (non-hydrogen) atoms. The van der Waals surface area contributed by atoms with E-state index in [2.05, 4.69) is 214 Å². The minimum absolute atomic E-state index is 0.156. The maximum absolute atomic E-state index is 2.62. The fourth-order valence-electron chi connectivity index (χ4n) is 10.4. The summed E-state index contributed by atoms with van der Waals surface area (Å²) >= 11 is 0. The third-order valence-electron chi connectivity index (χ3n) is 13.4. The van der Waals surface area contributed by atoms with Crippen molar-refractivity contribution in [2.45, 2.75) is 90.9 Å². The minimum Gasteiger partial charge on any atom is -0.344 e. The van der Waals surface area contributed by atoms with Crippen LogP contribution < -0.4 is 9.80 Å². The Kier molecular flexibility index (Phi) is 10.7. The van der Waals surface area contributed by atoms with Gasteiger partial charge in [-0.2, -0.15) is 4.58 Å². The molecule has 0 bridgehead atoms. The van der Waals surface area contributed by atoms with Crippen LogP contribution in [0.25, 0.3) is 21.5 Å². The van der Waals surface area contributed by atoms with Crippen LogP contribution in [0.1, 0.15) is 91.2 Å². The number of allylic oxidation sites excluding steroid dienone is 7. The van der Waals surface area contributed by atoms with Crippen LogP contribution in [0.5, 0.6) is 0 Å². The standard InChI is InChI=1S/C57H60N3/c1-7-9-39-58-49-35-31-41-21-17-19-27-47(41)53(49)56(3,4)51(58)37-33-43-29-30-44(55(43)60(45-23-13-11-14-24-45)46-25-15-12-16-26-46)34-38-52-57(5,6)54-48-28-20-18-22-42(48)32-36-50(54)59(52)40-10-8-2/h11-28,31-38H,7-10,29-30,39-40H2,1-6H3/q+1. The van der Waals surface area contributed by atoms with Crippen LogP contribution in [0, 0.1) is 0 Å². The summed E-state index contributed by atoms with van der Waals surface area (Å²) in [6.45, 7) is 16.3. The fourth-order valence-corrected chi connectivity index (χ4v) is 10.4. The molecule has 0 spiro atoms. The average Bonchev–Trinajstić information content (AvgIpc) is 3.84. The van der Waals surface area contributed by atoms with E-state index in [9.17, 15) is 0 Å². The molecule has 3 nitrogen and oxygen atoms in total. The molecule has 0 N–H and O–H groups in total. The number of hydrogen-bond acceptors (Lipinski definition) is 2. The van der Waals surface area contributed by atoms with E-state index in [1.807, 2.05) is 0 Å². The molecule has 6 aromatic carbocycles. The zero-order chi connectivity index (χ0) is 41.4. The smallest absolute Gasteiger partial charge is 0.210 e. The lowest BCUT2D eigenvalue weighted by Crippen LogP contribution is -2.28. The lowest BCUT2D eigenvalue weighted by atomic mass is 9.79. The van der Waals surface area contributed by atoms with Crippen molar-refractivity contribution in [3.8, 4) is 0 Å². The van der Waals surface area contributed by atoms with Gasteiger partial charge in [0.25, 0.3) is 0 Å². The summed E-state index contributed by atoms with van der Waals surface area (Å²) < 4.78 is 2.62. The van der Waals surface area contributed by atoms with Crippen LogP contribution in [0.15, 0.2) is 180 Å². The summed E-state index contributed by atoms with van der Waals surface area (Å²) in [5.41, 5.74) is 14.4. The molecule has 0 radical (unpaired) electrons. The molecule has 0 saturated carbocycles. The zero-order valence-corrected chi connectivity index (χ0v) is 36.5. The Morgan fingerprint density at radius 1 is 0.600 bits per heavy atom. The lowest BCUT2D eigenvalue weighted by molar-refractivity contribution is -0.438. The SMILES string of the molecule is CCCCN1C(=CC=C2CCC(C=CC3=[N+](CCCC)c4ccc5ccccc5c4C3(C)C)=C2N(c2ccccc2)c2ccccc2)C(C)(C)c2c1ccc1ccccc21. The number of unbranched alkanes of at least 4 members (excludes halogenated alkanes) is 2. The summed E-state index contributed by atoms with van der Waals surface area (Å²) in [7, 11) is 0. The normalized spacial score (nSPS) is 18.2. The number of benzene rings is 6. The van der Waals surface area contributed by atoms with Gasteiger partial charge in [0.05, 0.1) is 11.1 Å². The first-order chi connectivity index (χ1) is 29.2. The van der Waals surface area contributed by atoms with E-state index >= 15 is 0 Å². The molecule has 1 aliphatic carbocycles. The van der Waals surface area contributed by atoms with Gasteiger partial charge in [-0.1, -0.05) is 144 Å². The van der Waals surface area contributed by atoms with Gasteiger partial charge in [-0.05, 0) is 114 Å². The van der Waals surface area contributed by atoms with E-state index in [-0.39, 0.29) is 10.8 Å². The number of rotatable bonds is 12. The summed E-state index contributed by atoms with van der Waals surface area (Å²) in [5, 5.41) is 5.35. The van der Waals surface area contributed by atoms with E-state index in [0.717, 1.165) is 51.6 Å². The van der Waals surface area contributed by atoms with Crippen LogP contribution in [0.3, 0.4) is 0 Å². The van der Waals surface area contributed by atoms with Gasteiger partial charge in [-0.3, -0.25) is 0 Å². The third kappa shape index (κ3) is 6.82. The van der Waals surface area contributed by atoms with Gasteiger partial charge in [0.1, 0.15) is 6.54 Å². The van der Waals surface area contributed by atoms with E-state index in [4.69, 9.17) is 0 Å². The number of hydrogen-bond donors (Lipinski definition) is 0. The van der Waals surface area contributed by atoms with Gasteiger partial charge in [0, 0.05) is 58.8 Å². The topological polar surface area (TPSA) is 9.49 Å². The molecule has 0 atom stereocenters. The van der Waals surface area contributed by atoms with Crippen molar-refractivity contribution in [1.29, 1.82) is 0 Å². The van der Waals surface area contributed by atoms with Gasteiger partial charge < -0.3 is 9.80 Å². The molecule has 2 heterocycles. The van der Waals surface area contributed by atoms with E-state index in [0.29, 0.717) is 0 Å². The Labute approximate surface area is 358 Å². The van der Waals surface area contributed by atoms with Gasteiger partial charge in [0.15, 0.2) is 5.71 Å². The van der Waals surface area contributed by atoms with Crippen molar-refractivity contribution in [3.05, 3.63) is 191 Å². The molecule has 0 fully saturated rings. The van der Waals surface area contributed by atoms with Crippen molar-refractivity contribution in [2.75, 3.05) is 22.9 Å². The van der Waals surface area contributed by atoms with E-state index in [1.54, 1.807) is 0 Å². The summed E-state index contributed by atoms with van der Waals surface area (Å²) in [4.78, 5) is 5.13. The van der Waals surface area contributed by atoms with Crippen LogP contribution in [-0.2, 0) is 10.8 Å². The highest BCUT2D eigenvalue weighted by atomic mass is 15.2. The molecular weight excluding hydrogens is 727 g/mol. The van der Waals surface area contributed by atoms with Crippen LogP contribution in [0.4, 0.5) is 22.7 Å². The van der Waals surface area contributed by atoms with Gasteiger partial charge >= 0.3 is 0 Å². The number of fused-ring (bicyclic) bond motifs is 6. The minimum atomic E-state index is -0.156. The number of anilines is 3. The summed E-state index contributed by atoms with van der Waals surface area (Å²) in [6, 6.07) is 49.2. The highest BCUT2D eigenvalue weighted by Gasteiger charge is 2.46. The predicted molar refractivity (Wildman–Crippen MR) is 257 cm³/mol. The Bertz CT molecular complexity index is 2680. The van der Waals surface area contributed by atoms with Crippen molar-refractivity contribution in [1.82, 2.24) is 0 Å². The van der Waals surface area contributed by atoms with Crippen molar-refractivity contribution in [2.24, 2.45) is 0 Å². The molecule has 0 unspecified atom stereocenters. The molecule has 9 rings (SSSR count). The Hall–Kier alpha value is -5.93. The van der Waals surface area contributed by atoms with Crippen LogP contribution in [0.2, 0.25) is 0 Å². The van der Waals surface area contributed by atoms with Crippen molar-refractivity contribution >= 4 is 50.0 Å². The Balaban J connectivity index is 1.22. The molecule has 2 aliphatic heterocycles. The number of nitrogens with zero attached hydrogens (tertiary/aromatic N) is 3. The zero-order valence-electron chi connectivity index (χ0n) is 36.5. The maximum Gasteiger partial charge on any atom is 0.210 e. The first-order valence-electron chi connectivity index (χ1n) is 22.4. The molecule has 6 aromatic rings. The second kappa shape index (κ2) is 16.3. The molecule has 0 amide bonds. The molecule has 3 heteroatoms. The monoisotopic (exact) mass is 786 g/mol. The molecule has 302 valence electrons. The second-order valence-corrected chi connectivity index (χ2v) is 18.0. The average molecular weight is 787 g/mol. The quantitative estimate of drug-likeness (QED) is 0.114. The fraction of sp³-hybridized carbons (Fsp3) is 0.281. The number of para-hydroxylation sites is 2. The van der Waals surface area contributed by atoms with Gasteiger partial charge in [0.2, 0.25) is 5.69 Å². The first kappa shape index (κ1) is 39.5. The molecule has 0 saturated heterocycles. The van der Waals surface area contributed by atoms with Crippen molar-refractivity contribution < 1.29 is 4.58 Å². The first-order valence-corrected chi connectivity index (χ1v) is 22.4. The summed E-state index contributed by atoms with van der Waals surface area (Å²) in [5.74, 6) is 0. The highest BCUT2D eigenvalue weighted by molar-refractivity contribution is 6.08. The molecule has 3 aliphatic rings. The third-order valence-corrected chi connectivity index (χ3v) is 13.4. The van der Waals surface area contributed by atoms with E-state index in [1.165, 1.54) is 83.7 Å².